The third-order valence-electron chi connectivity index (χ3n) is 6.42. The molecule has 36 heavy (non-hydrogen) atoms. The molecule has 2 N–H and O–H groups in total. The van der Waals surface area contributed by atoms with Crippen molar-refractivity contribution < 1.29 is 4.79 Å². The molecule has 1 amide bonds. The molecule has 3 heterocycles. The summed E-state index contributed by atoms with van der Waals surface area (Å²) in [5.74, 6) is -0.121. The Balaban J connectivity index is 1.22. The van der Waals surface area contributed by atoms with E-state index in [2.05, 4.69) is 50.4 Å². The molecule has 0 saturated carbocycles. The van der Waals surface area contributed by atoms with Gasteiger partial charge in [-0.3, -0.25) is 14.7 Å². The van der Waals surface area contributed by atoms with Gasteiger partial charge in [-0.25, -0.2) is 4.98 Å². The van der Waals surface area contributed by atoms with Gasteiger partial charge in [0.2, 0.25) is 0 Å². The quantitative estimate of drug-likeness (QED) is 0.374. The van der Waals surface area contributed by atoms with Crippen LogP contribution in [0.2, 0.25) is 0 Å². The number of hydrogen-bond donors (Lipinski definition) is 2. The molecule has 2 aromatic heterocycles. The van der Waals surface area contributed by atoms with Crippen LogP contribution in [0, 0.1) is 6.92 Å². The van der Waals surface area contributed by atoms with Crippen molar-refractivity contribution in [3.8, 4) is 11.3 Å². The Kier molecular flexibility index (Phi) is 7.41. The first-order valence-electron chi connectivity index (χ1n) is 12.1. The number of nitrogens with zero attached hydrogens (tertiary/aromatic N) is 4. The molecule has 5 rings (SSSR count). The molecular formula is C27H29BN6OS. The van der Waals surface area contributed by atoms with Gasteiger partial charge >= 0.3 is 0 Å². The van der Waals surface area contributed by atoms with Crippen molar-refractivity contribution in [3.05, 3.63) is 89.1 Å². The van der Waals surface area contributed by atoms with Crippen LogP contribution in [0.3, 0.4) is 0 Å². The number of aryl methyl sites for hydroxylation is 1. The first-order chi connectivity index (χ1) is 17.5. The van der Waals surface area contributed by atoms with Crippen LogP contribution in [0.4, 0.5) is 16.5 Å². The smallest absolute Gasteiger partial charge is 0.255 e. The van der Waals surface area contributed by atoms with Crippen LogP contribution in [-0.2, 0) is 6.54 Å². The summed E-state index contributed by atoms with van der Waals surface area (Å²) in [6.45, 7) is 7.30. The van der Waals surface area contributed by atoms with E-state index in [1.165, 1.54) is 16.9 Å². The van der Waals surface area contributed by atoms with E-state index in [0.29, 0.717) is 5.56 Å². The number of hydrogen-bond acceptors (Lipinski definition) is 7. The Hall–Kier alpha value is -3.53. The molecule has 4 aromatic rings. The van der Waals surface area contributed by atoms with Crippen LogP contribution < -0.4 is 10.6 Å². The molecule has 7 nitrogen and oxygen atoms in total. The van der Waals surface area contributed by atoms with Gasteiger partial charge in [-0.2, -0.15) is 0 Å². The third-order valence-corrected chi connectivity index (χ3v) is 7.17. The molecule has 1 fully saturated rings. The van der Waals surface area contributed by atoms with Gasteiger partial charge in [0.15, 0.2) is 13.1 Å². The maximum Gasteiger partial charge on any atom is 0.255 e. The Morgan fingerprint density at radius 3 is 2.64 bits per heavy atom. The second-order valence-electron chi connectivity index (χ2n) is 9.16. The van der Waals surface area contributed by atoms with Crippen LogP contribution >= 0.6 is 11.3 Å². The number of carbonyl (C=O) groups excluding carboxylic acids is 1. The number of benzene rings is 2. The zero-order valence-corrected chi connectivity index (χ0v) is 21.4. The molecule has 1 saturated heterocycles. The maximum atomic E-state index is 12.9. The zero-order valence-electron chi connectivity index (χ0n) is 20.6. The average molecular weight is 496 g/mol. The summed E-state index contributed by atoms with van der Waals surface area (Å²) >= 11 is 1.54. The van der Waals surface area contributed by atoms with E-state index in [0.717, 1.165) is 66.1 Å². The molecule has 0 unspecified atom stereocenters. The molecule has 0 atom stereocenters. The second kappa shape index (κ2) is 11.0. The van der Waals surface area contributed by atoms with Crippen molar-refractivity contribution in [2.75, 3.05) is 36.8 Å². The van der Waals surface area contributed by atoms with Crippen molar-refractivity contribution in [3.63, 3.8) is 0 Å². The summed E-state index contributed by atoms with van der Waals surface area (Å²) in [4.78, 5) is 26.6. The summed E-state index contributed by atoms with van der Waals surface area (Å²) in [6, 6.07) is 17.7. The van der Waals surface area contributed by atoms with Crippen molar-refractivity contribution >= 4 is 41.7 Å². The molecule has 0 bridgehead atoms. The van der Waals surface area contributed by atoms with E-state index in [1.54, 1.807) is 12.4 Å². The fourth-order valence-corrected chi connectivity index (χ4v) is 4.89. The van der Waals surface area contributed by atoms with E-state index in [1.807, 2.05) is 54.8 Å². The van der Waals surface area contributed by atoms with Gasteiger partial charge in [0.05, 0.1) is 5.69 Å². The molecule has 1 aliphatic heterocycles. The summed E-state index contributed by atoms with van der Waals surface area (Å²) in [7, 11) is 2.16. The van der Waals surface area contributed by atoms with E-state index in [-0.39, 0.29) is 5.91 Å². The number of pyridine rings is 1. The highest BCUT2D eigenvalue weighted by Gasteiger charge is 2.14. The Morgan fingerprint density at radius 2 is 1.89 bits per heavy atom. The highest BCUT2D eigenvalue weighted by molar-refractivity contribution is 7.14. The maximum absolute atomic E-state index is 12.9. The minimum atomic E-state index is -0.121. The van der Waals surface area contributed by atoms with Crippen LogP contribution in [0.25, 0.3) is 11.3 Å². The largest absolute Gasteiger partial charge is 0.346 e. The second-order valence-corrected chi connectivity index (χ2v) is 10.0. The summed E-state index contributed by atoms with van der Waals surface area (Å²) in [6.07, 6.45) is 3.56. The number of carbonyl (C=O) groups is 1. The molecular weight excluding hydrogens is 467 g/mol. The van der Waals surface area contributed by atoms with E-state index < -0.39 is 0 Å². The fourth-order valence-electron chi connectivity index (χ4n) is 4.16. The van der Waals surface area contributed by atoms with Crippen molar-refractivity contribution in [2.45, 2.75) is 13.5 Å². The lowest BCUT2D eigenvalue weighted by atomic mass is 10.1. The lowest BCUT2D eigenvalue weighted by Gasteiger charge is -2.32. The van der Waals surface area contributed by atoms with E-state index >= 15 is 0 Å². The highest BCUT2D eigenvalue weighted by atomic mass is 32.1. The molecule has 182 valence electrons. The number of anilines is 3. The number of rotatable bonds is 7. The molecule has 1 aliphatic rings. The lowest BCUT2D eigenvalue weighted by molar-refractivity contribution is 0.102. The average Bonchev–Trinajstić information content (AvgIpc) is 3.37. The molecule has 9 heteroatoms. The lowest BCUT2D eigenvalue weighted by Crippen LogP contribution is -2.44. The predicted octanol–water partition coefficient (Wildman–Crippen LogP) is 4.18. The molecule has 0 radical (unpaired) electrons. The van der Waals surface area contributed by atoms with Gasteiger partial charge in [0, 0.05) is 59.9 Å². The molecule has 0 spiro atoms. The number of amides is 1. The number of piperazine rings is 1. The topological polar surface area (TPSA) is 73.4 Å². The Labute approximate surface area is 216 Å². The Bertz CT molecular complexity index is 1320. The fraction of sp³-hybridized carbons (Fsp3) is 0.222. The third kappa shape index (κ3) is 5.99. The summed E-state index contributed by atoms with van der Waals surface area (Å²) < 4.78 is 0. The first-order valence-corrected chi connectivity index (χ1v) is 13.0. The predicted molar refractivity (Wildman–Crippen MR) is 150 cm³/mol. The van der Waals surface area contributed by atoms with Gasteiger partial charge in [-0.05, 0) is 67.5 Å². The SMILES string of the molecule is BN1CCN(Cc2ccc(C(=O)Nc3ccc(C)c(Nc4nc(-c5cccnc5)cs4)c3)cc2)CC1. The number of thiazole rings is 1. The monoisotopic (exact) mass is 496 g/mol. The summed E-state index contributed by atoms with van der Waals surface area (Å²) in [5, 5.41) is 9.22. The highest BCUT2D eigenvalue weighted by Crippen LogP contribution is 2.29. The van der Waals surface area contributed by atoms with E-state index in [9.17, 15) is 4.79 Å². The minimum Gasteiger partial charge on any atom is -0.346 e. The van der Waals surface area contributed by atoms with Gasteiger partial charge in [-0.1, -0.05) is 18.2 Å². The zero-order chi connectivity index (χ0) is 24.9. The molecule has 2 aromatic carbocycles. The van der Waals surface area contributed by atoms with Crippen LogP contribution in [0.1, 0.15) is 21.5 Å². The van der Waals surface area contributed by atoms with Gasteiger partial charge in [0.25, 0.3) is 5.91 Å². The van der Waals surface area contributed by atoms with Gasteiger partial charge in [0.1, 0.15) is 0 Å². The standard InChI is InChI=1S/C27H29BN6OS/c1-19-4-9-23(15-24(19)31-27-32-25(18-36-27)22-3-2-10-29-16-22)30-26(35)21-7-5-20(6-8-21)17-33-11-13-34(28)14-12-33/h2-10,15-16,18H,11-14,17,28H2,1H3,(H,30,35)(H,31,32). The van der Waals surface area contributed by atoms with Gasteiger partial charge < -0.3 is 15.4 Å². The number of aromatic nitrogens is 2. The van der Waals surface area contributed by atoms with E-state index in [4.69, 9.17) is 0 Å². The van der Waals surface area contributed by atoms with Crippen molar-refractivity contribution in [2.24, 2.45) is 0 Å². The summed E-state index contributed by atoms with van der Waals surface area (Å²) in [5.41, 5.74) is 6.45. The number of nitrogens with one attached hydrogen (secondary N) is 2. The van der Waals surface area contributed by atoms with Crippen LogP contribution in [0.5, 0.6) is 0 Å². The van der Waals surface area contributed by atoms with Crippen molar-refractivity contribution in [1.82, 2.24) is 19.7 Å². The van der Waals surface area contributed by atoms with Crippen LogP contribution in [-0.4, -0.2) is 59.7 Å². The Morgan fingerprint density at radius 1 is 1.08 bits per heavy atom. The normalized spacial score (nSPS) is 14.5. The first kappa shape index (κ1) is 24.2. The minimum absolute atomic E-state index is 0.121. The molecule has 0 aliphatic carbocycles. The van der Waals surface area contributed by atoms with Gasteiger partial charge in [-0.15, -0.1) is 11.3 Å². The van der Waals surface area contributed by atoms with Crippen molar-refractivity contribution in [1.29, 1.82) is 0 Å². The van der Waals surface area contributed by atoms with Crippen LogP contribution in [0.15, 0.2) is 72.4 Å².